The Labute approximate surface area is 198 Å². The number of aromatic nitrogens is 1. The van der Waals surface area contributed by atoms with E-state index in [4.69, 9.17) is 21.7 Å². The summed E-state index contributed by atoms with van der Waals surface area (Å²) in [5.74, 6) is 0. The van der Waals surface area contributed by atoms with Gasteiger partial charge in [0.1, 0.15) is 0 Å². The van der Waals surface area contributed by atoms with Gasteiger partial charge in [0, 0.05) is 44.1 Å². The van der Waals surface area contributed by atoms with Gasteiger partial charge in [-0.05, 0) is 36.5 Å². The van der Waals surface area contributed by atoms with Crippen LogP contribution in [0.2, 0.25) is 0 Å². The van der Waals surface area contributed by atoms with Crippen LogP contribution < -0.4 is 15.6 Å². The first-order chi connectivity index (χ1) is 16.0. The van der Waals surface area contributed by atoms with Crippen molar-refractivity contribution in [3.05, 3.63) is 48.3 Å². The first-order valence-electron chi connectivity index (χ1n) is 10.6. The van der Waals surface area contributed by atoms with Crippen molar-refractivity contribution in [3.8, 4) is 0 Å². The molecule has 4 rings (SSSR count). The fourth-order valence-corrected chi connectivity index (χ4v) is 5.16. The zero-order valence-electron chi connectivity index (χ0n) is 18.0. The first kappa shape index (κ1) is 23.5. The maximum absolute atomic E-state index is 13.2. The summed E-state index contributed by atoms with van der Waals surface area (Å²) in [5, 5.41) is 7.48. The Morgan fingerprint density at radius 2 is 1.82 bits per heavy atom. The summed E-state index contributed by atoms with van der Waals surface area (Å²) < 4.78 is 38.5. The standard InChI is InChI=1S/C21H26N6O4S2/c28-33(29,27-8-12-31-13-9-27)18-3-4-20(26-6-10-30-11-7-26)19(14-18)24-21(32)25-23-16-17-2-1-5-22-15-17/h1-5,14-16H,6-13H2,(H2,24,25,32). The van der Waals surface area contributed by atoms with Crippen molar-refractivity contribution < 1.29 is 17.9 Å². The van der Waals surface area contributed by atoms with Crippen molar-refractivity contribution in [2.24, 2.45) is 5.10 Å². The Balaban J connectivity index is 1.55. The van der Waals surface area contributed by atoms with Crippen molar-refractivity contribution in [1.29, 1.82) is 0 Å². The summed E-state index contributed by atoms with van der Waals surface area (Å²) in [4.78, 5) is 6.37. The Hall–Kier alpha value is -2.64. The summed E-state index contributed by atoms with van der Waals surface area (Å²) in [5.41, 5.74) is 5.02. The monoisotopic (exact) mass is 490 g/mol. The van der Waals surface area contributed by atoms with Crippen LogP contribution in [0.15, 0.2) is 52.7 Å². The van der Waals surface area contributed by atoms with Gasteiger partial charge in [0.2, 0.25) is 10.0 Å². The first-order valence-corrected chi connectivity index (χ1v) is 12.4. The third-order valence-corrected chi connectivity index (χ3v) is 7.33. The number of rotatable bonds is 6. The highest BCUT2D eigenvalue weighted by molar-refractivity contribution is 7.89. The third-order valence-electron chi connectivity index (χ3n) is 5.24. The van der Waals surface area contributed by atoms with E-state index in [1.54, 1.807) is 30.7 Å². The number of hydrazone groups is 1. The molecule has 2 N–H and O–H groups in total. The SMILES string of the molecule is O=S(=O)(c1ccc(N2CCOCC2)c(NC(=S)NN=Cc2cccnc2)c1)N1CCOCC1. The molecule has 2 aliphatic rings. The Kier molecular flexibility index (Phi) is 7.83. The Morgan fingerprint density at radius 3 is 2.52 bits per heavy atom. The van der Waals surface area contributed by atoms with E-state index in [9.17, 15) is 8.42 Å². The van der Waals surface area contributed by atoms with Crippen LogP contribution in [0.1, 0.15) is 5.56 Å². The number of anilines is 2. The lowest BCUT2D eigenvalue weighted by Crippen LogP contribution is -2.40. The molecule has 0 radical (unpaired) electrons. The zero-order chi connectivity index (χ0) is 23.1. The molecule has 2 fully saturated rings. The lowest BCUT2D eigenvalue weighted by Gasteiger charge is -2.31. The molecule has 2 aromatic rings. The quantitative estimate of drug-likeness (QED) is 0.351. The molecule has 0 saturated carbocycles. The number of hydrogen-bond donors (Lipinski definition) is 2. The van der Waals surface area contributed by atoms with Gasteiger partial charge in [0.15, 0.2) is 5.11 Å². The van der Waals surface area contributed by atoms with Gasteiger partial charge < -0.3 is 19.7 Å². The van der Waals surface area contributed by atoms with E-state index in [0.717, 1.165) is 11.3 Å². The van der Waals surface area contributed by atoms with Gasteiger partial charge in [-0.3, -0.25) is 10.4 Å². The highest BCUT2D eigenvalue weighted by atomic mass is 32.2. The topological polar surface area (TPSA) is 108 Å². The van der Waals surface area contributed by atoms with Gasteiger partial charge in [0.25, 0.3) is 0 Å². The molecular formula is C21H26N6O4S2. The van der Waals surface area contributed by atoms with E-state index >= 15 is 0 Å². The zero-order valence-corrected chi connectivity index (χ0v) is 19.6. The number of sulfonamides is 1. The second-order valence-electron chi connectivity index (χ2n) is 7.41. The van der Waals surface area contributed by atoms with E-state index in [1.807, 2.05) is 18.2 Å². The number of ether oxygens (including phenoxy) is 2. The number of nitrogens with zero attached hydrogens (tertiary/aromatic N) is 4. The minimum Gasteiger partial charge on any atom is -0.379 e. The maximum Gasteiger partial charge on any atom is 0.243 e. The Morgan fingerprint density at radius 1 is 1.09 bits per heavy atom. The highest BCUT2D eigenvalue weighted by Gasteiger charge is 2.28. The average Bonchev–Trinajstić information content (AvgIpc) is 2.86. The van der Waals surface area contributed by atoms with Gasteiger partial charge in [-0.15, -0.1) is 0 Å². The number of thiocarbonyl (C=S) groups is 1. The van der Waals surface area contributed by atoms with Crippen LogP contribution in [-0.2, 0) is 19.5 Å². The Bertz CT molecular complexity index is 1090. The lowest BCUT2D eigenvalue weighted by atomic mass is 10.2. The van der Waals surface area contributed by atoms with Crippen LogP contribution in [0.4, 0.5) is 11.4 Å². The second kappa shape index (κ2) is 11.0. The summed E-state index contributed by atoms with van der Waals surface area (Å²) >= 11 is 5.40. The van der Waals surface area contributed by atoms with Crippen LogP contribution >= 0.6 is 12.2 Å². The smallest absolute Gasteiger partial charge is 0.243 e. The van der Waals surface area contributed by atoms with E-state index in [1.165, 1.54) is 4.31 Å². The van der Waals surface area contributed by atoms with Crippen molar-refractivity contribution in [2.75, 3.05) is 62.8 Å². The molecule has 3 heterocycles. The van der Waals surface area contributed by atoms with Crippen LogP contribution in [-0.4, -0.2) is 81.6 Å². The molecule has 10 nitrogen and oxygen atoms in total. The molecule has 0 bridgehead atoms. The van der Waals surface area contributed by atoms with Crippen molar-refractivity contribution in [2.45, 2.75) is 4.90 Å². The highest BCUT2D eigenvalue weighted by Crippen LogP contribution is 2.31. The van der Waals surface area contributed by atoms with Gasteiger partial charge >= 0.3 is 0 Å². The molecule has 0 amide bonds. The molecule has 12 heteroatoms. The number of benzene rings is 1. The third kappa shape index (κ3) is 6.03. The van der Waals surface area contributed by atoms with Gasteiger partial charge in [-0.1, -0.05) is 6.07 Å². The number of nitrogens with one attached hydrogen (secondary N) is 2. The number of pyridine rings is 1. The van der Waals surface area contributed by atoms with Crippen molar-refractivity contribution in [3.63, 3.8) is 0 Å². The molecule has 2 aliphatic heterocycles. The van der Waals surface area contributed by atoms with Crippen molar-refractivity contribution in [1.82, 2.24) is 14.7 Å². The van der Waals surface area contributed by atoms with Gasteiger partial charge in [-0.2, -0.15) is 9.41 Å². The predicted molar refractivity (Wildman–Crippen MR) is 130 cm³/mol. The van der Waals surface area contributed by atoms with E-state index in [0.29, 0.717) is 58.3 Å². The fraction of sp³-hybridized carbons (Fsp3) is 0.381. The van der Waals surface area contributed by atoms with E-state index < -0.39 is 10.0 Å². The average molecular weight is 491 g/mol. The van der Waals surface area contributed by atoms with Crippen LogP contribution in [0.25, 0.3) is 0 Å². The molecule has 0 spiro atoms. The minimum absolute atomic E-state index is 0.200. The molecule has 0 atom stereocenters. The fourth-order valence-electron chi connectivity index (χ4n) is 3.56. The molecule has 176 valence electrons. The molecule has 33 heavy (non-hydrogen) atoms. The summed E-state index contributed by atoms with van der Waals surface area (Å²) in [7, 11) is -3.65. The van der Waals surface area contributed by atoms with E-state index in [-0.39, 0.29) is 10.0 Å². The number of hydrogen-bond acceptors (Lipinski definition) is 8. The van der Waals surface area contributed by atoms with E-state index in [2.05, 4.69) is 25.7 Å². The van der Waals surface area contributed by atoms with Crippen LogP contribution in [0.5, 0.6) is 0 Å². The van der Waals surface area contributed by atoms with Crippen LogP contribution in [0.3, 0.4) is 0 Å². The number of morpholine rings is 2. The minimum atomic E-state index is -3.65. The molecule has 0 unspecified atom stereocenters. The van der Waals surface area contributed by atoms with Crippen molar-refractivity contribution >= 4 is 44.9 Å². The van der Waals surface area contributed by atoms with Gasteiger partial charge in [-0.25, -0.2) is 8.42 Å². The molecular weight excluding hydrogens is 464 g/mol. The predicted octanol–water partition coefficient (Wildman–Crippen LogP) is 1.26. The molecule has 1 aromatic heterocycles. The summed E-state index contributed by atoms with van der Waals surface area (Å²) in [6, 6.07) is 8.74. The largest absolute Gasteiger partial charge is 0.379 e. The van der Waals surface area contributed by atoms with Gasteiger partial charge in [0.05, 0.1) is 48.9 Å². The maximum atomic E-state index is 13.2. The normalized spacial score (nSPS) is 17.8. The molecule has 1 aromatic carbocycles. The lowest BCUT2D eigenvalue weighted by molar-refractivity contribution is 0.0730. The summed E-state index contributed by atoms with van der Waals surface area (Å²) in [6.45, 7) is 4.04. The molecule has 0 aliphatic carbocycles. The second-order valence-corrected chi connectivity index (χ2v) is 9.75. The molecule has 2 saturated heterocycles. The van der Waals surface area contributed by atoms with Crippen LogP contribution in [0, 0.1) is 0 Å². The summed E-state index contributed by atoms with van der Waals surface area (Å²) in [6.07, 6.45) is 4.96.